The van der Waals surface area contributed by atoms with Crippen molar-refractivity contribution >= 4 is 0 Å². The van der Waals surface area contributed by atoms with Crippen molar-refractivity contribution in [3.8, 4) is 5.75 Å². The quantitative estimate of drug-likeness (QED) is 0.887. The molecule has 0 aromatic heterocycles. The van der Waals surface area contributed by atoms with Crippen molar-refractivity contribution in [1.82, 2.24) is 10.2 Å². The molecule has 3 unspecified atom stereocenters. The number of benzene rings is 1. The summed E-state index contributed by atoms with van der Waals surface area (Å²) >= 11 is 0. The topological polar surface area (TPSA) is 35.5 Å². The van der Waals surface area contributed by atoms with Gasteiger partial charge < -0.3 is 10.4 Å². The van der Waals surface area contributed by atoms with Gasteiger partial charge in [0.05, 0.1) is 5.54 Å². The Labute approximate surface area is 123 Å². The van der Waals surface area contributed by atoms with E-state index in [0.717, 1.165) is 18.9 Å². The van der Waals surface area contributed by atoms with Gasteiger partial charge >= 0.3 is 0 Å². The van der Waals surface area contributed by atoms with Crippen molar-refractivity contribution in [3.05, 3.63) is 29.8 Å². The number of rotatable bonds is 4. The second kappa shape index (κ2) is 6.15. The van der Waals surface area contributed by atoms with E-state index in [4.69, 9.17) is 0 Å². The molecule has 3 atom stereocenters. The summed E-state index contributed by atoms with van der Waals surface area (Å²) in [6.07, 6.45) is 3.54. The van der Waals surface area contributed by atoms with E-state index in [2.05, 4.69) is 44.2 Å². The molecule has 0 amide bonds. The molecule has 0 spiro atoms. The van der Waals surface area contributed by atoms with Crippen molar-refractivity contribution in [1.29, 1.82) is 0 Å². The Hall–Kier alpha value is -1.06. The largest absolute Gasteiger partial charge is 0.508 e. The average molecular weight is 276 g/mol. The summed E-state index contributed by atoms with van der Waals surface area (Å²) in [6, 6.07) is 8.21. The van der Waals surface area contributed by atoms with Crippen LogP contribution in [-0.2, 0) is 5.54 Å². The number of nitrogens with zero attached hydrogens (tertiary/aromatic N) is 1. The normalized spacial score (nSPS) is 30.6. The van der Waals surface area contributed by atoms with E-state index in [1.54, 1.807) is 6.07 Å². The summed E-state index contributed by atoms with van der Waals surface area (Å²) in [5.41, 5.74) is 1.20. The molecule has 1 fully saturated rings. The Balaban J connectivity index is 2.46. The van der Waals surface area contributed by atoms with Gasteiger partial charge in [-0.2, -0.15) is 0 Å². The summed E-state index contributed by atoms with van der Waals surface area (Å²) in [5, 5.41) is 13.6. The molecule has 20 heavy (non-hydrogen) atoms. The molecule has 1 aliphatic rings. The van der Waals surface area contributed by atoms with Gasteiger partial charge in [0, 0.05) is 6.04 Å². The number of phenolic OH excluding ortho intramolecular Hbond substituents is 1. The van der Waals surface area contributed by atoms with Crippen LogP contribution in [0.3, 0.4) is 0 Å². The first-order valence-electron chi connectivity index (χ1n) is 7.71. The van der Waals surface area contributed by atoms with Crippen LogP contribution in [0.15, 0.2) is 24.3 Å². The summed E-state index contributed by atoms with van der Waals surface area (Å²) in [4.78, 5) is 2.33. The van der Waals surface area contributed by atoms with Crippen LogP contribution < -0.4 is 5.32 Å². The number of hydrogen-bond acceptors (Lipinski definition) is 3. The second-order valence-corrected chi connectivity index (χ2v) is 6.36. The standard InChI is InChI=1S/C17H28N2O/c1-5-18-16-11-13(2)9-10-17(16,19(3)4)14-7-6-8-15(20)12-14/h6-8,12-13,16,18,20H,5,9-11H2,1-4H3. The van der Waals surface area contributed by atoms with E-state index in [9.17, 15) is 5.11 Å². The van der Waals surface area contributed by atoms with Gasteiger partial charge in [0.15, 0.2) is 0 Å². The molecule has 1 aromatic rings. The molecular weight excluding hydrogens is 248 g/mol. The van der Waals surface area contributed by atoms with Gasteiger partial charge in [-0.15, -0.1) is 0 Å². The number of aromatic hydroxyl groups is 1. The molecule has 112 valence electrons. The monoisotopic (exact) mass is 276 g/mol. The van der Waals surface area contributed by atoms with Gasteiger partial charge in [0.2, 0.25) is 0 Å². The lowest BCUT2D eigenvalue weighted by Gasteiger charge is -2.51. The molecule has 2 N–H and O–H groups in total. The summed E-state index contributed by atoms with van der Waals surface area (Å²) in [5.74, 6) is 1.11. The molecule has 0 aliphatic heterocycles. The minimum Gasteiger partial charge on any atom is -0.508 e. The highest BCUT2D eigenvalue weighted by Gasteiger charge is 2.45. The van der Waals surface area contributed by atoms with Crippen LogP contribution in [0.1, 0.15) is 38.7 Å². The van der Waals surface area contributed by atoms with Crippen molar-refractivity contribution < 1.29 is 5.11 Å². The highest BCUT2D eigenvalue weighted by atomic mass is 16.3. The van der Waals surface area contributed by atoms with Crippen molar-refractivity contribution in [2.75, 3.05) is 20.6 Å². The number of likely N-dealkylation sites (N-methyl/N-ethyl adjacent to an activating group) is 2. The molecular formula is C17H28N2O. The predicted octanol–water partition coefficient (Wildman–Crippen LogP) is 2.95. The van der Waals surface area contributed by atoms with Gasteiger partial charge in [-0.1, -0.05) is 26.0 Å². The third-order valence-corrected chi connectivity index (χ3v) is 4.83. The summed E-state index contributed by atoms with van der Waals surface area (Å²) < 4.78 is 0. The Morgan fingerprint density at radius 2 is 2.15 bits per heavy atom. The van der Waals surface area contributed by atoms with E-state index < -0.39 is 0 Å². The van der Waals surface area contributed by atoms with Crippen LogP contribution in [0, 0.1) is 5.92 Å². The molecule has 1 aromatic carbocycles. The molecule has 0 radical (unpaired) electrons. The lowest BCUT2D eigenvalue weighted by atomic mass is 9.68. The molecule has 2 rings (SSSR count). The lowest BCUT2D eigenvalue weighted by molar-refractivity contribution is 0.0408. The SMILES string of the molecule is CCNC1CC(C)CCC1(c1cccc(O)c1)N(C)C. The first-order valence-corrected chi connectivity index (χ1v) is 7.71. The minimum absolute atomic E-state index is 0.0265. The highest BCUT2D eigenvalue weighted by molar-refractivity contribution is 5.34. The molecule has 0 bridgehead atoms. The highest BCUT2D eigenvalue weighted by Crippen LogP contribution is 2.43. The third kappa shape index (κ3) is 2.70. The molecule has 0 heterocycles. The summed E-state index contributed by atoms with van der Waals surface area (Å²) in [7, 11) is 4.31. The maximum absolute atomic E-state index is 9.87. The van der Waals surface area contributed by atoms with E-state index in [-0.39, 0.29) is 5.54 Å². The van der Waals surface area contributed by atoms with Crippen LogP contribution in [0.2, 0.25) is 0 Å². The van der Waals surface area contributed by atoms with Gasteiger partial charge in [-0.05, 0) is 63.5 Å². The Morgan fingerprint density at radius 1 is 1.40 bits per heavy atom. The molecule has 3 nitrogen and oxygen atoms in total. The molecule has 1 saturated carbocycles. The van der Waals surface area contributed by atoms with E-state index >= 15 is 0 Å². The van der Waals surface area contributed by atoms with Crippen molar-refractivity contribution in [2.24, 2.45) is 5.92 Å². The van der Waals surface area contributed by atoms with E-state index in [1.165, 1.54) is 18.4 Å². The van der Waals surface area contributed by atoms with E-state index in [1.807, 2.05) is 12.1 Å². The van der Waals surface area contributed by atoms with Crippen LogP contribution in [0.4, 0.5) is 0 Å². The van der Waals surface area contributed by atoms with Crippen molar-refractivity contribution in [2.45, 2.75) is 44.7 Å². The van der Waals surface area contributed by atoms with Gasteiger partial charge in [-0.3, -0.25) is 4.90 Å². The first kappa shape index (κ1) is 15.3. The predicted molar refractivity (Wildman–Crippen MR) is 84.0 cm³/mol. The molecule has 0 saturated heterocycles. The van der Waals surface area contributed by atoms with Gasteiger partial charge in [0.1, 0.15) is 5.75 Å². The Bertz CT molecular complexity index is 446. The van der Waals surface area contributed by atoms with Crippen LogP contribution >= 0.6 is 0 Å². The van der Waals surface area contributed by atoms with Crippen molar-refractivity contribution in [3.63, 3.8) is 0 Å². The fourth-order valence-corrected chi connectivity index (χ4v) is 3.77. The minimum atomic E-state index is -0.0265. The maximum Gasteiger partial charge on any atom is 0.115 e. The number of nitrogens with one attached hydrogen (secondary N) is 1. The third-order valence-electron chi connectivity index (χ3n) is 4.83. The zero-order valence-electron chi connectivity index (χ0n) is 13.2. The van der Waals surface area contributed by atoms with Crippen LogP contribution in [-0.4, -0.2) is 36.7 Å². The van der Waals surface area contributed by atoms with Gasteiger partial charge in [-0.25, -0.2) is 0 Å². The smallest absolute Gasteiger partial charge is 0.115 e. The molecule has 3 heteroatoms. The Morgan fingerprint density at radius 3 is 2.75 bits per heavy atom. The zero-order chi connectivity index (χ0) is 14.8. The van der Waals surface area contributed by atoms with E-state index in [0.29, 0.717) is 11.8 Å². The maximum atomic E-state index is 9.87. The fourth-order valence-electron chi connectivity index (χ4n) is 3.77. The Kier molecular flexibility index (Phi) is 4.71. The number of hydrogen-bond donors (Lipinski definition) is 2. The fraction of sp³-hybridized carbons (Fsp3) is 0.647. The zero-order valence-corrected chi connectivity index (χ0v) is 13.2. The first-order chi connectivity index (χ1) is 9.50. The number of phenols is 1. The van der Waals surface area contributed by atoms with Crippen LogP contribution in [0.25, 0.3) is 0 Å². The van der Waals surface area contributed by atoms with Crippen LogP contribution in [0.5, 0.6) is 5.75 Å². The average Bonchev–Trinajstić information content (AvgIpc) is 2.39. The van der Waals surface area contributed by atoms with Gasteiger partial charge in [0.25, 0.3) is 0 Å². The lowest BCUT2D eigenvalue weighted by Crippen LogP contribution is -2.59. The summed E-state index contributed by atoms with van der Waals surface area (Å²) in [6.45, 7) is 5.49. The second-order valence-electron chi connectivity index (χ2n) is 6.36. The molecule has 1 aliphatic carbocycles.